The molecule has 0 spiro atoms. The standard InChI is InChI=1S/C23H25N3O4/c1-16-21(13-14-22(27)29-3)17(2)26(24-16)20-11-9-19(10-12-20)23(28)25-30-15-18-7-5-4-6-8-18/h4-12H,13-15H2,1-3H3,(H,25,28). The number of hydrogen-bond donors (Lipinski definition) is 1. The third-order valence-electron chi connectivity index (χ3n) is 4.87. The Kier molecular flexibility index (Phi) is 6.98. The Morgan fingerprint density at radius 1 is 1.03 bits per heavy atom. The van der Waals surface area contributed by atoms with E-state index in [1.165, 1.54) is 7.11 Å². The van der Waals surface area contributed by atoms with Crippen LogP contribution in [-0.4, -0.2) is 28.8 Å². The largest absolute Gasteiger partial charge is 0.469 e. The van der Waals surface area contributed by atoms with Gasteiger partial charge >= 0.3 is 5.97 Å². The van der Waals surface area contributed by atoms with Gasteiger partial charge in [-0.15, -0.1) is 0 Å². The summed E-state index contributed by atoms with van der Waals surface area (Å²) in [5, 5.41) is 4.58. The van der Waals surface area contributed by atoms with Crippen molar-refractivity contribution in [3.05, 3.63) is 82.7 Å². The normalized spacial score (nSPS) is 10.6. The molecule has 2 aromatic carbocycles. The Morgan fingerprint density at radius 3 is 2.40 bits per heavy atom. The Balaban J connectivity index is 1.63. The Morgan fingerprint density at radius 2 is 1.73 bits per heavy atom. The SMILES string of the molecule is COC(=O)CCc1c(C)nn(-c2ccc(C(=O)NOCc3ccccc3)cc2)c1C. The molecule has 0 unspecified atom stereocenters. The zero-order valence-corrected chi connectivity index (χ0v) is 17.3. The molecule has 1 aromatic heterocycles. The number of benzene rings is 2. The Bertz CT molecular complexity index is 1010. The van der Waals surface area contributed by atoms with Crippen LogP contribution in [0.25, 0.3) is 5.69 Å². The van der Waals surface area contributed by atoms with E-state index in [9.17, 15) is 9.59 Å². The molecule has 1 heterocycles. The number of hydrogen-bond acceptors (Lipinski definition) is 5. The van der Waals surface area contributed by atoms with Crippen LogP contribution in [0.5, 0.6) is 0 Å². The van der Waals surface area contributed by atoms with E-state index < -0.39 is 0 Å². The van der Waals surface area contributed by atoms with Crippen LogP contribution in [0, 0.1) is 13.8 Å². The van der Waals surface area contributed by atoms with Crippen molar-refractivity contribution in [2.45, 2.75) is 33.3 Å². The van der Waals surface area contributed by atoms with Gasteiger partial charge in [-0.25, -0.2) is 10.2 Å². The van der Waals surface area contributed by atoms with Crippen molar-refractivity contribution < 1.29 is 19.2 Å². The van der Waals surface area contributed by atoms with Gasteiger partial charge in [-0.3, -0.25) is 14.4 Å². The summed E-state index contributed by atoms with van der Waals surface area (Å²) < 4.78 is 6.53. The molecule has 0 radical (unpaired) electrons. The molecule has 0 bridgehead atoms. The molecule has 1 amide bonds. The summed E-state index contributed by atoms with van der Waals surface area (Å²) in [6.45, 7) is 4.18. The molecule has 0 saturated carbocycles. The molecule has 0 saturated heterocycles. The van der Waals surface area contributed by atoms with Crippen LogP contribution in [0.2, 0.25) is 0 Å². The van der Waals surface area contributed by atoms with Crippen molar-refractivity contribution in [1.29, 1.82) is 0 Å². The van der Waals surface area contributed by atoms with Gasteiger partial charge in [-0.05, 0) is 55.7 Å². The number of hydroxylamine groups is 1. The number of methoxy groups -OCH3 is 1. The topological polar surface area (TPSA) is 82.5 Å². The second-order valence-electron chi connectivity index (χ2n) is 6.89. The lowest BCUT2D eigenvalue weighted by Gasteiger charge is -2.08. The minimum atomic E-state index is -0.315. The van der Waals surface area contributed by atoms with Gasteiger partial charge in [0, 0.05) is 17.7 Å². The van der Waals surface area contributed by atoms with Crippen molar-refractivity contribution >= 4 is 11.9 Å². The lowest BCUT2D eigenvalue weighted by atomic mass is 10.1. The van der Waals surface area contributed by atoms with Crippen molar-refractivity contribution in [3.8, 4) is 5.69 Å². The molecule has 0 aliphatic carbocycles. The van der Waals surface area contributed by atoms with E-state index in [4.69, 9.17) is 9.57 Å². The highest BCUT2D eigenvalue weighted by Gasteiger charge is 2.15. The number of aromatic nitrogens is 2. The van der Waals surface area contributed by atoms with Crippen LogP contribution in [0.15, 0.2) is 54.6 Å². The molecule has 30 heavy (non-hydrogen) atoms. The molecular formula is C23H25N3O4. The van der Waals surface area contributed by atoms with Gasteiger partial charge in [-0.2, -0.15) is 5.10 Å². The second kappa shape index (κ2) is 9.84. The fourth-order valence-corrected chi connectivity index (χ4v) is 3.19. The van der Waals surface area contributed by atoms with Gasteiger partial charge in [-0.1, -0.05) is 30.3 Å². The third kappa shape index (κ3) is 5.12. The predicted octanol–water partition coefficient (Wildman–Crippen LogP) is 3.46. The van der Waals surface area contributed by atoms with E-state index >= 15 is 0 Å². The highest BCUT2D eigenvalue weighted by Crippen LogP contribution is 2.20. The summed E-state index contributed by atoms with van der Waals surface area (Å²) in [7, 11) is 1.38. The summed E-state index contributed by atoms with van der Waals surface area (Å²) in [6, 6.07) is 16.7. The van der Waals surface area contributed by atoms with Crippen LogP contribution in [0.3, 0.4) is 0 Å². The van der Waals surface area contributed by atoms with Crippen LogP contribution in [0.4, 0.5) is 0 Å². The number of carbonyl (C=O) groups excluding carboxylic acids is 2. The average Bonchev–Trinajstić information content (AvgIpc) is 3.06. The zero-order valence-electron chi connectivity index (χ0n) is 17.3. The van der Waals surface area contributed by atoms with E-state index in [0.717, 1.165) is 28.2 Å². The number of amides is 1. The molecule has 1 N–H and O–H groups in total. The maximum atomic E-state index is 12.3. The lowest BCUT2D eigenvalue weighted by Crippen LogP contribution is -2.23. The summed E-state index contributed by atoms with van der Waals surface area (Å²) in [6.07, 6.45) is 0.884. The van der Waals surface area contributed by atoms with Gasteiger partial charge < -0.3 is 4.74 Å². The lowest BCUT2D eigenvalue weighted by molar-refractivity contribution is -0.140. The van der Waals surface area contributed by atoms with Gasteiger partial charge in [0.2, 0.25) is 0 Å². The van der Waals surface area contributed by atoms with Crippen LogP contribution >= 0.6 is 0 Å². The number of esters is 1. The first kappa shape index (κ1) is 21.3. The van der Waals surface area contributed by atoms with Crippen molar-refractivity contribution in [2.24, 2.45) is 0 Å². The number of aryl methyl sites for hydroxylation is 1. The van der Waals surface area contributed by atoms with E-state index in [0.29, 0.717) is 25.0 Å². The van der Waals surface area contributed by atoms with Gasteiger partial charge in [0.1, 0.15) is 0 Å². The number of ether oxygens (including phenoxy) is 1. The van der Waals surface area contributed by atoms with Crippen LogP contribution in [0.1, 0.15) is 39.3 Å². The molecule has 7 nitrogen and oxygen atoms in total. The van der Waals surface area contributed by atoms with Gasteiger partial charge in [0.25, 0.3) is 5.91 Å². The number of carbonyl (C=O) groups is 2. The molecule has 3 aromatic rings. The summed E-state index contributed by atoms with van der Waals surface area (Å²) >= 11 is 0. The highest BCUT2D eigenvalue weighted by molar-refractivity contribution is 5.93. The number of nitrogens with zero attached hydrogens (tertiary/aromatic N) is 2. The van der Waals surface area contributed by atoms with Gasteiger partial charge in [0.05, 0.1) is 25.1 Å². The van der Waals surface area contributed by atoms with Crippen molar-refractivity contribution in [2.75, 3.05) is 7.11 Å². The number of rotatable bonds is 8. The molecule has 0 fully saturated rings. The quantitative estimate of drug-likeness (QED) is 0.457. The number of nitrogens with one attached hydrogen (secondary N) is 1. The average molecular weight is 407 g/mol. The minimum Gasteiger partial charge on any atom is -0.469 e. The van der Waals surface area contributed by atoms with Crippen molar-refractivity contribution in [3.63, 3.8) is 0 Å². The third-order valence-corrected chi connectivity index (χ3v) is 4.87. The Labute approximate surface area is 175 Å². The minimum absolute atomic E-state index is 0.244. The summed E-state index contributed by atoms with van der Waals surface area (Å²) in [4.78, 5) is 29.0. The van der Waals surface area contributed by atoms with E-state index in [1.54, 1.807) is 12.1 Å². The molecule has 0 aliphatic heterocycles. The first-order valence-corrected chi connectivity index (χ1v) is 9.68. The first-order valence-electron chi connectivity index (χ1n) is 9.68. The summed E-state index contributed by atoms with van der Waals surface area (Å²) in [5.41, 5.74) is 7.60. The maximum absolute atomic E-state index is 12.3. The fraction of sp³-hybridized carbons (Fsp3) is 0.261. The highest BCUT2D eigenvalue weighted by atomic mass is 16.6. The predicted molar refractivity (Wildman–Crippen MR) is 112 cm³/mol. The van der Waals surface area contributed by atoms with Crippen LogP contribution in [-0.2, 0) is 27.4 Å². The summed E-state index contributed by atoms with van der Waals surface area (Å²) in [5.74, 6) is -0.559. The molecule has 3 rings (SSSR count). The Hall–Kier alpha value is -3.45. The van der Waals surface area contributed by atoms with Gasteiger partial charge in [0.15, 0.2) is 0 Å². The van der Waals surface area contributed by atoms with Crippen LogP contribution < -0.4 is 5.48 Å². The second-order valence-corrected chi connectivity index (χ2v) is 6.89. The van der Waals surface area contributed by atoms with E-state index in [-0.39, 0.29) is 11.9 Å². The fourth-order valence-electron chi connectivity index (χ4n) is 3.19. The maximum Gasteiger partial charge on any atom is 0.305 e. The molecule has 0 aliphatic rings. The molecule has 156 valence electrons. The smallest absolute Gasteiger partial charge is 0.305 e. The monoisotopic (exact) mass is 407 g/mol. The molecule has 0 atom stereocenters. The van der Waals surface area contributed by atoms with Crippen molar-refractivity contribution in [1.82, 2.24) is 15.3 Å². The zero-order chi connectivity index (χ0) is 21.5. The molecular weight excluding hydrogens is 382 g/mol. The first-order chi connectivity index (χ1) is 14.5. The van der Waals surface area contributed by atoms with E-state index in [2.05, 4.69) is 10.6 Å². The van der Waals surface area contributed by atoms with E-state index in [1.807, 2.05) is 61.0 Å². The molecule has 7 heteroatoms.